The number of anilines is 1. The van der Waals surface area contributed by atoms with Gasteiger partial charge in [-0.1, -0.05) is 17.7 Å². The van der Waals surface area contributed by atoms with E-state index in [1.807, 2.05) is 36.1 Å². The Morgan fingerprint density at radius 3 is 2.52 bits per heavy atom. The molecule has 6 nitrogen and oxygen atoms in total. The van der Waals surface area contributed by atoms with Crippen LogP contribution in [0.4, 0.5) is 10.5 Å². The number of rotatable bonds is 7. The zero-order valence-electron chi connectivity index (χ0n) is 16.0. The van der Waals surface area contributed by atoms with Crippen LogP contribution in [0, 0.1) is 18.8 Å². The zero-order valence-corrected chi connectivity index (χ0v) is 16.8. The first-order valence-corrected chi connectivity index (χ1v) is 9.70. The second-order valence-electron chi connectivity index (χ2n) is 7.62. The topological polar surface area (TPSA) is 73.5 Å². The minimum absolute atomic E-state index is 0. The number of nitrogens with zero attached hydrogens (tertiary/aromatic N) is 1. The average Bonchev–Trinajstić information content (AvgIpc) is 3.46. The van der Waals surface area contributed by atoms with Gasteiger partial charge in [-0.05, 0) is 63.1 Å². The van der Waals surface area contributed by atoms with E-state index < -0.39 is 0 Å². The third kappa shape index (κ3) is 7.39. The van der Waals surface area contributed by atoms with Crippen LogP contribution in [-0.2, 0) is 4.79 Å². The summed E-state index contributed by atoms with van der Waals surface area (Å²) < 4.78 is 0. The van der Waals surface area contributed by atoms with Gasteiger partial charge < -0.3 is 20.9 Å². The summed E-state index contributed by atoms with van der Waals surface area (Å²) in [6.45, 7) is 5.57. The van der Waals surface area contributed by atoms with Crippen molar-refractivity contribution in [3.8, 4) is 0 Å². The lowest BCUT2D eigenvalue weighted by atomic mass is 9.98. The molecule has 3 rings (SSSR count). The second-order valence-corrected chi connectivity index (χ2v) is 7.62. The highest BCUT2D eigenvalue weighted by Gasteiger charge is 2.25. The maximum absolute atomic E-state index is 12.3. The van der Waals surface area contributed by atoms with Crippen LogP contribution in [0.3, 0.4) is 0 Å². The van der Waals surface area contributed by atoms with Crippen molar-refractivity contribution in [2.75, 3.05) is 38.0 Å². The largest absolute Gasteiger partial charge is 0.341 e. The van der Waals surface area contributed by atoms with Crippen LogP contribution in [-0.4, -0.2) is 49.6 Å². The monoisotopic (exact) mass is 394 g/mol. The molecule has 1 heterocycles. The molecule has 1 aliphatic carbocycles. The molecule has 7 heteroatoms. The van der Waals surface area contributed by atoms with Gasteiger partial charge in [0.2, 0.25) is 5.91 Å². The number of likely N-dealkylation sites (tertiary alicyclic amines) is 1. The second kappa shape index (κ2) is 10.5. The Morgan fingerprint density at radius 2 is 1.81 bits per heavy atom. The van der Waals surface area contributed by atoms with Gasteiger partial charge in [0.1, 0.15) is 0 Å². The molecular formula is C20H31ClN4O2. The van der Waals surface area contributed by atoms with Crippen molar-refractivity contribution in [3.63, 3.8) is 0 Å². The molecule has 1 aromatic rings. The van der Waals surface area contributed by atoms with Crippen molar-refractivity contribution in [1.29, 1.82) is 0 Å². The number of aryl methyl sites for hydroxylation is 1. The molecule has 1 atom stereocenters. The van der Waals surface area contributed by atoms with E-state index in [4.69, 9.17) is 0 Å². The van der Waals surface area contributed by atoms with E-state index in [2.05, 4.69) is 16.0 Å². The van der Waals surface area contributed by atoms with E-state index >= 15 is 0 Å². The number of amides is 3. The molecule has 1 unspecified atom stereocenters. The van der Waals surface area contributed by atoms with Crippen molar-refractivity contribution in [1.82, 2.24) is 15.5 Å². The Kier molecular flexibility index (Phi) is 8.38. The molecule has 3 amide bonds. The Labute approximate surface area is 167 Å². The standard InChI is InChI=1S/C20H30N4O2.ClH/c1-15-4-8-18(9-5-15)23-20(26)22-12-17-3-2-10-24(14-17)19(25)13-21-11-16-6-7-16;/h4-5,8-9,16-17,21H,2-3,6-7,10-14H2,1H3,(H2,22,23,26);1H. The number of benzene rings is 1. The maximum Gasteiger partial charge on any atom is 0.319 e. The molecule has 0 bridgehead atoms. The highest BCUT2D eigenvalue weighted by atomic mass is 35.5. The van der Waals surface area contributed by atoms with Crippen LogP contribution in [0.5, 0.6) is 0 Å². The average molecular weight is 395 g/mol. The quantitative estimate of drug-likeness (QED) is 0.665. The van der Waals surface area contributed by atoms with Gasteiger partial charge in [-0.15, -0.1) is 12.4 Å². The third-order valence-electron chi connectivity index (χ3n) is 5.14. The molecule has 0 aromatic heterocycles. The van der Waals surface area contributed by atoms with Crippen molar-refractivity contribution >= 4 is 30.0 Å². The summed E-state index contributed by atoms with van der Waals surface area (Å²) in [6, 6.07) is 7.54. The number of hydrogen-bond acceptors (Lipinski definition) is 3. The summed E-state index contributed by atoms with van der Waals surface area (Å²) in [5.74, 6) is 1.28. The summed E-state index contributed by atoms with van der Waals surface area (Å²) in [4.78, 5) is 26.3. The molecule has 1 aromatic carbocycles. The number of urea groups is 1. The van der Waals surface area contributed by atoms with Gasteiger partial charge in [0.25, 0.3) is 0 Å². The minimum atomic E-state index is -0.191. The van der Waals surface area contributed by atoms with Crippen molar-refractivity contribution in [2.45, 2.75) is 32.6 Å². The van der Waals surface area contributed by atoms with Crippen LogP contribution >= 0.6 is 12.4 Å². The van der Waals surface area contributed by atoms with Crippen LogP contribution < -0.4 is 16.0 Å². The number of carbonyl (C=O) groups is 2. The predicted octanol–water partition coefficient (Wildman–Crippen LogP) is 2.78. The number of nitrogens with one attached hydrogen (secondary N) is 3. The van der Waals surface area contributed by atoms with Gasteiger partial charge in [0.15, 0.2) is 0 Å². The predicted molar refractivity (Wildman–Crippen MR) is 110 cm³/mol. The zero-order chi connectivity index (χ0) is 18.4. The van der Waals surface area contributed by atoms with Gasteiger partial charge >= 0.3 is 6.03 Å². The molecule has 1 saturated carbocycles. The van der Waals surface area contributed by atoms with E-state index in [-0.39, 0.29) is 24.3 Å². The maximum atomic E-state index is 12.3. The van der Waals surface area contributed by atoms with Crippen LogP contribution in [0.25, 0.3) is 0 Å². The summed E-state index contributed by atoms with van der Waals surface area (Å²) in [7, 11) is 0. The Bertz CT molecular complexity index is 619. The van der Waals surface area contributed by atoms with Crippen LogP contribution in [0.1, 0.15) is 31.2 Å². The van der Waals surface area contributed by atoms with E-state index in [1.165, 1.54) is 12.8 Å². The van der Waals surface area contributed by atoms with Gasteiger partial charge in [-0.25, -0.2) is 4.79 Å². The van der Waals surface area contributed by atoms with Crippen molar-refractivity contribution in [2.24, 2.45) is 11.8 Å². The fourth-order valence-corrected chi connectivity index (χ4v) is 3.32. The van der Waals surface area contributed by atoms with Crippen molar-refractivity contribution < 1.29 is 9.59 Å². The molecular weight excluding hydrogens is 364 g/mol. The van der Waals surface area contributed by atoms with Gasteiger partial charge in [-0.2, -0.15) is 0 Å². The fraction of sp³-hybridized carbons (Fsp3) is 0.600. The third-order valence-corrected chi connectivity index (χ3v) is 5.14. The molecule has 1 saturated heterocycles. The molecule has 0 spiro atoms. The van der Waals surface area contributed by atoms with E-state index in [0.717, 1.165) is 49.6 Å². The van der Waals surface area contributed by atoms with E-state index in [1.54, 1.807) is 0 Å². The first-order chi connectivity index (χ1) is 12.6. The highest BCUT2D eigenvalue weighted by Crippen LogP contribution is 2.27. The smallest absolute Gasteiger partial charge is 0.319 e. The first-order valence-electron chi connectivity index (χ1n) is 9.70. The Balaban J connectivity index is 0.00000261. The van der Waals surface area contributed by atoms with Crippen molar-refractivity contribution in [3.05, 3.63) is 29.8 Å². The molecule has 0 radical (unpaired) electrons. The summed E-state index contributed by atoms with van der Waals surface area (Å²) in [6.07, 6.45) is 4.64. The Hall–Kier alpha value is -1.79. The van der Waals surface area contributed by atoms with Gasteiger partial charge in [0, 0.05) is 25.3 Å². The fourth-order valence-electron chi connectivity index (χ4n) is 3.32. The first kappa shape index (κ1) is 21.5. The van der Waals surface area contributed by atoms with Crippen LogP contribution in [0.2, 0.25) is 0 Å². The molecule has 1 aliphatic heterocycles. The number of halogens is 1. The molecule has 3 N–H and O–H groups in total. The lowest BCUT2D eigenvalue weighted by Crippen LogP contribution is -2.47. The van der Waals surface area contributed by atoms with E-state index in [0.29, 0.717) is 19.0 Å². The summed E-state index contributed by atoms with van der Waals surface area (Å²) in [5, 5.41) is 9.05. The van der Waals surface area contributed by atoms with E-state index in [9.17, 15) is 9.59 Å². The lowest BCUT2D eigenvalue weighted by molar-refractivity contribution is -0.132. The molecule has 27 heavy (non-hydrogen) atoms. The number of piperidine rings is 1. The SMILES string of the molecule is Cc1ccc(NC(=O)NCC2CCCN(C(=O)CNCC3CC3)C2)cc1.Cl. The summed E-state index contributed by atoms with van der Waals surface area (Å²) >= 11 is 0. The van der Waals surface area contributed by atoms with Gasteiger partial charge in [-0.3, -0.25) is 4.79 Å². The minimum Gasteiger partial charge on any atom is -0.341 e. The summed E-state index contributed by atoms with van der Waals surface area (Å²) in [5.41, 5.74) is 1.95. The number of hydrogen-bond donors (Lipinski definition) is 3. The van der Waals surface area contributed by atoms with Gasteiger partial charge in [0.05, 0.1) is 6.54 Å². The lowest BCUT2D eigenvalue weighted by Gasteiger charge is -2.33. The normalized spacial score (nSPS) is 19.1. The molecule has 2 aliphatic rings. The molecule has 2 fully saturated rings. The Morgan fingerprint density at radius 1 is 1.07 bits per heavy atom. The number of carbonyl (C=O) groups excluding carboxylic acids is 2. The van der Waals surface area contributed by atoms with Crippen LogP contribution in [0.15, 0.2) is 24.3 Å². The molecule has 150 valence electrons. The highest BCUT2D eigenvalue weighted by molar-refractivity contribution is 5.89.